The number of ether oxygens (including phenoxy) is 1. The molecule has 1 atom stereocenters. The van der Waals surface area contributed by atoms with Gasteiger partial charge < -0.3 is 14.7 Å². The molecule has 1 aromatic carbocycles. The molecule has 0 saturated carbocycles. The minimum absolute atomic E-state index is 0.0384. The number of nitrogens with one attached hydrogen (secondary N) is 1. The SMILES string of the molecule is CC(C)(C)OC(=O)N1CCC(C(C)(C)C(O)c2c(F)c(Cl)cc3cn[nH]c23)CC1. The predicted molar refractivity (Wildman–Crippen MR) is 110 cm³/mol. The molecule has 1 unspecified atom stereocenters. The van der Waals surface area contributed by atoms with Crippen LogP contribution < -0.4 is 0 Å². The molecule has 0 spiro atoms. The van der Waals surface area contributed by atoms with Crippen molar-refractivity contribution in [2.24, 2.45) is 11.3 Å². The lowest BCUT2D eigenvalue weighted by molar-refractivity contribution is -0.0267. The van der Waals surface area contributed by atoms with Crippen LogP contribution in [0.4, 0.5) is 9.18 Å². The summed E-state index contributed by atoms with van der Waals surface area (Å²) in [5, 5.41) is 18.6. The van der Waals surface area contributed by atoms with Gasteiger partial charge in [0.1, 0.15) is 11.4 Å². The van der Waals surface area contributed by atoms with E-state index in [1.54, 1.807) is 11.1 Å². The highest BCUT2D eigenvalue weighted by atomic mass is 35.5. The number of benzene rings is 1. The number of likely N-dealkylation sites (tertiary alicyclic amines) is 1. The molecule has 0 radical (unpaired) electrons. The highest BCUT2D eigenvalue weighted by Crippen LogP contribution is 2.47. The first kappa shape index (κ1) is 21.8. The van der Waals surface area contributed by atoms with E-state index >= 15 is 0 Å². The molecule has 2 aromatic rings. The largest absolute Gasteiger partial charge is 0.444 e. The highest BCUT2D eigenvalue weighted by Gasteiger charge is 2.42. The zero-order chi connectivity index (χ0) is 21.6. The van der Waals surface area contributed by atoms with Gasteiger partial charge in [-0.05, 0) is 51.0 Å². The van der Waals surface area contributed by atoms with Crippen molar-refractivity contribution in [2.45, 2.75) is 59.2 Å². The first-order chi connectivity index (χ1) is 13.4. The van der Waals surface area contributed by atoms with Crippen molar-refractivity contribution in [3.8, 4) is 0 Å². The second-order valence-electron chi connectivity index (χ2n) is 9.39. The number of fused-ring (bicyclic) bond motifs is 1. The van der Waals surface area contributed by atoms with E-state index < -0.39 is 22.9 Å². The number of carbonyl (C=O) groups is 1. The van der Waals surface area contributed by atoms with Crippen molar-refractivity contribution in [1.82, 2.24) is 15.1 Å². The predicted octanol–water partition coefficient (Wildman–Crippen LogP) is 5.06. The number of aromatic amines is 1. The summed E-state index contributed by atoms with van der Waals surface area (Å²) in [6, 6.07) is 1.50. The van der Waals surface area contributed by atoms with E-state index in [-0.39, 0.29) is 22.6 Å². The number of rotatable bonds is 3. The lowest BCUT2D eigenvalue weighted by Crippen LogP contribution is -2.45. The third kappa shape index (κ3) is 4.36. The summed E-state index contributed by atoms with van der Waals surface area (Å²) >= 11 is 6.05. The van der Waals surface area contributed by atoms with E-state index in [0.717, 1.165) is 0 Å². The topological polar surface area (TPSA) is 78.4 Å². The van der Waals surface area contributed by atoms with Crippen molar-refractivity contribution in [2.75, 3.05) is 13.1 Å². The summed E-state index contributed by atoms with van der Waals surface area (Å²) in [6.07, 6.45) is 1.54. The summed E-state index contributed by atoms with van der Waals surface area (Å²) in [5.74, 6) is -0.539. The van der Waals surface area contributed by atoms with Crippen LogP contribution in [-0.2, 0) is 4.74 Å². The third-order valence-corrected chi connectivity index (χ3v) is 6.12. The standard InChI is InChI=1S/C21H29ClFN3O3/c1-20(2,3)29-19(28)26-8-6-13(7-9-26)21(4,5)18(27)15-16(23)14(22)10-12-11-24-25-17(12)15/h10-11,13,18,27H,6-9H2,1-5H3,(H,24,25). The summed E-state index contributed by atoms with van der Waals surface area (Å²) in [5.41, 5.74) is -0.574. The molecule has 29 heavy (non-hydrogen) atoms. The average Bonchev–Trinajstić information content (AvgIpc) is 3.08. The van der Waals surface area contributed by atoms with Crippen LogP contribution in [0, 0.1) is 17.2 Å². The van der Waals surface area contributed by atoms with Gasteiger partial charge in [0, 0.05) is 24.0 Å². The van der Waals surface area contributed by atoms with E-state index in [9.17, 15) is 14.3 Å². The van der Waals surface area contributed by atoms with Gasteiger partial charge in [0.05, 0.1) is 22.8 Å². The molecule has 1 aliphatic rings. The summed E-state index contributed by atoms with van der Waals surface area (Å²) in [7, 11) is 0. The fourth-order valence-corrected chi connectivity index (χ4v) is 4.26. The molecule has 160 valence electrons. The molecule has 1 aliphatic heterocycles. The maximum atomic E-state index is 14.9. The number of piperidine rings is 1. The number of halogens is 2. The number of amides is 1. The van der Waals surface area contributed by atoms with Crippen LogP contribution in [0.25, 0.3) is 10.9 Å². The Hall–Kier alpha value is -1.86. The Balaban J connectivity index is 1.78. The Kier molecular flexibility index (Phi) is 5.84. The molecule has 3 rings (SSSR count). The molecule has 1 aromatic heterocycles. The Labute approximate surface area is 175 Å². The van der Waals surface area contributed by atoms with Gasteiger partial charge in [0.15, 0.2) is 0 Å². The van der Waals surface area contributed by atoms with Crippen LogP contribution in [0.2, 0.25) is 5.02 Å². The van der Waals surface area contributed by atoms with Gasteiger partial charge in [-0.15, -0.1) is 0 Å². The lowest BCUT2D eigenvalue weighted by atomic mass is 9.68. The molecule has 0 bridgehead atoms. The van der Waals surface area contributed by atoms with Gasteiger partial charge >= 0.3 is 6.09 Å². The van der Waals surface area contributed by atoms with Gasteiger partial charge in [0.2, 0.25) is 0 Å². The molecule has 1 amide bonds. The number of H-pyrrole nitrogens is 1. The number of carbonyl (C=O) groups excluding carboxylic acids is 1. The van der Waals surface area contributed by atoms with Crippen LogP contribution in [0.5, 0.6) is 0 Å². The Bertz CT molecular complexity index is 898. The van der Waals surface area contributed by atoms with E-state index in [2.05, 4.69) is 10.2 Å². The number of hydrogen-bond donors (Lipinski definition) is 2. The summed E-state index contributed by atoms with van der Waals surface area (Å²) in [6.45, 7) is 10.4. The molecular formula is C21H29ClFN3O3. The van der Waals surface area contributed by atoms with Crippen LogP contribution >= 0.6 is 11.6 Å². The first-order valence-corrected chi connectivity index (χ1v) is 10.3. The van der Waals surface area contributed by atoms with Gasteiger partial charge in [-0.1, -0.05) is 25.4 Å². The summed E-state index contributed by atoms with van der Waals surface area (Å²) < 4.78 is 20.3. The highest BCUT2D eigenvalue weighted by molar-refractivity contribution is 6.31. The third-order valence-electron chi connectivity index (χ3n) is 5.84. The minimum Gasteiger partial charge on any atom is -0.444 e. The second kappa shape index (κ2) is 7.76. The van der Waals surface area contributed by atoms with Crippen molar-refractivity contribution >= 4 is 28.6 Å². The molecule has 1 fully saturated rings. The maximum absolute atomic E-state index is 14.9. The van der Waals surface area contributed by atoms with E-state index in [0.29, 0.717) is 36.8 Å². The quantitative estimate of drug-likeness (QED) is 0.720. The maximum Gasteiger partial charge on any atom is 0.410 e. The number of aliphatic hydroxyl groups is 1. The fourth-order valence-electron chi connectivity index (χ4n) is 4.04. The van der Waals surface area contributed by atoms with Crippen LogP contribution in [0.15, 0.2) is 12.3 Å². The lowest BCUT2D eigenvalue weighted by Gasteiger charge is -2.43. The zero-order valence-corrected chi connectivity index (χ0v) is 18.3. The van der Waals surface area contributed by atoms with E-state index in [1.807, 2.05) is 34.6 Å². The molecule has 2 N–H and O–H groups in total. The van der Waals surface area contributed by atoms with Crippen molar-refractivity contribution in [3.05, 3.63) is 28.7 Å². The van der Waals surface area contributed by atoms with Gasteiger partial charge in [-0.2, -0.15) is 5.10 Å². The number of hydrogen-bond acceptors (Lipinski definition) is 4. The normalized spacial score (nSPS) is 17.6. The molecule has 0 aliphatic carbocycles. The molecular weight excluding hydrogens is 397 g/mol. The summed E-state index contributed by atoms with van der Waals surface area (Å²) in [4.78, 5) is 14.0. The minimum atomic E-state index is -1.08. The van der Waals surface area contributed by atoms with Gasteiger partial charge in [0.25, 0.3) is 0 Å². The van der Waals surface area contributed by atoms with Crippen LogP contribution in [0.3, 0.4) is 0 Å². The molecule has 8 heteroatoms. The molecule has 6 nitrogen and oxygen atoms in total. The Morgan fingerprint density at radius 2 is 1.97 bits per heavy atom. The number of nitrogens with zero attached hydrogens (tertiary/aromatic N) is 2. The first-order valence-electron chi connectivity index (χ1n) is 9.88. The van der Waals surface area contributed by atoms with Gasteiger partial charge in [-0.25, -0.2) is 9.18 Å². The van der Waals surface area contributed by atoms with Crippen LogP contribution in [0.1, 0.15) is 59.1 Å². The van der Waals surface area contributed by atoms with Crippen LogP contribution in [-0.4, -0.2) is 45.0 Å². The zero-order valence-electron chi connectivity index (χ0n) is 17.6. The monoisotopic (exact) mass is 425 g/mol. The average molecular weight is 426 g/mol. The van der Waals surface area contributed by atoms with E-state index in [4.69, 9.17) is 16.3 Å². The fraction of sp³-hybridized carbons (Fsp3) is 0.619. The second-order valence-corrected chi connectivity index (χ2v) is 9.79. The molecule has 1 saturated heterocycles. The Morgan fingerprint density at radius 1 is 1.34 bits per heavy atom. The van der Waals surface area contributed by atoms with Crippen molar-refractivity contribution in [1.29, 1.82) is 0 Å². The van der Waals surface area contributed by atoms with E-state index in [1.165, 1.54) is 6.07 Å². The van der Waals surface area contributed by atoms with Gasteiger partial charge in [-0.3, -0.25) is 5.10 Å². The smallest absolute Gasteiger partial charge is 0.410 e. The number of aliphatic hydroxyl groups excluding tert-OH is 1. The van der Waals surface area contributed by atoms with Crippen molar-refractivity contribution < 1.29 is 19.0 Å². The van der Waals surface area contributed by atoms with Crippen molar-refractivity contribution in [3.63, 3.8) is 0 Å². The molecule has 2 heterocycles. The number of aromatic nitrogens is 2. The Morgan fingerprint density at radius 3 is 2.55 bits per heavy atom.